The summed E-state index contributed by atoms with van der Waals surface area (Å²) in [7, 11) is 0. The molecule has 2 aromatic rings. The number of carbonyl (C=O) groups is 2. The van der Waals surface area contributed by atoms with Gasteiger partial charge in [-0.1, -0.05) is 11.6 Å². The number of rotatable bonds is 4. The van der Waals surface area contributed by atoms with Gasteiger partial charge in [0, 0.05) is 6.20 Å². The summed E-state index contributed by atoms with van der Waals surface area (Å²) in [5.74, 6) is -1.58. The molecule has 0 fully saturated rings. The van der Waals surface area contributed by atoms with Gasteiger partial charge in [0.25, 0.3) is 5.91 Å². The summed E-state index contributed by atoms with van der Waals surface area (Å²) in [6.07, 6.45) is -4.25. The maximum atomic E-state index is 12.5. The van der Waals surface area contributed by atoms with Crippen molar-refractivity contribution in [3.05, 3.63) is 58.9 Å². The van der Waals surface area contributed by atoms with E-state index in [4.69, 9.17) is 16.3 Å². The first-order valence-electron chi connectivity index (χ1n) is 6.98. The lowest BCUT2D eigenvalue weighted by atomic mass is 10.1. The number of anilines is 1. The van der Waals surface area contributed by atoms with Crippen molar-refractivity contribution in [1.82, 2.24) is 4.98 Å². The molecule has 0 saturated carbocycles. The van der Waals surface area contributed by atoms with E-state index in [0.29, 0.717) is 0 Å². The van der Waals surface area contributed by atoms with E-state index in [-0.39, 0.29) is 16.4 Å². The molecule has 25 heavy (non-hydrogen) atoms. The molecule has 0 spiro atoms. The van der Waals surface area contributed by atoms with Crippen LogP contribution in [0.3, 0.4) is 0 Å². The van der Waals surface area contributed by atoms with Crippen LogP contribution < -0.4 is 5.32 Å². The van der Waals surface area contributed by atoms with Crippen molar-refractivity contribution >= 4 is 29.2 Å². The van der Waals surface area contributed by atoms with E-state index in [2.05, 4.69) is 10.3 Å². The minimum Gasteiger partial charge on any atom is -0.449 e. The third kappa shape index (κ3) is 4.93. The number of esters is 1. The van der Waals surface area contributed by atoms with Gasteiger partial charge < -0.3 is 10.1 Å². The van der Waals surface area contributed by atoms with Crippen molar-refractivity contribution in [2.24, 2.45) is 0 Å². The molecule has 0 aliphatic heterocycles. The number of halogens is 4. The van der Waals surface area contributed by atoms with E-state index in [9.17, 15) is 22.8 Å². The lowest BCUT2D eigenvalue weighted by Gasteiger charge is -2.14. The van der Waals surface area contributed by atoms with Crippen LogP contribution in [0.15, 0.2) is 42.6 Å². The molecule has 0 radical (unpaired) electrons. The normalized spacial score (nSPS) is 12.4. The van der Waals surface area contributed by atoms with Crippen LogP contribution in [0.2, 0.25) is 5.15 Å². The van der Waals surface area contributed by atoms with E-state index in [0.717, 1.165) is 24.3 Å². The number of amides is 1. The Kier molecular flexibility index (Phi) is 5.63. The number of carbonyl (C=O) groups excluding carboxylic acids is 2. The van der Waals surface area contributed by atoms with Gasteiger partial charge in [0.1, 0.15) is 0 Å². The van der Waals surface area contributed by atoms with Gasteiger partial charge >= 0.3 is 12.1 Å². The van der Waals surface area contributed by atoms with Crippen molar-refractivity contribution in [3.63, 3.8) is 0 Å². The fourth-order valence-corrected chi connectivity index (χ4v) is 1.96. The number of hydrogen-bond donors (Lipinski definition) is 1. The first-order chi connectivity index (χ1) is 11.7. The maximum Gasteiger partial charge on any atom is 0.416 e. The molecule has 1 unspecified atom stereocenters. The van der Waals surface area contributed by atoms with Crippen LogP contribution in [0.1, 0.15) is 22.8 Å². The molecule has 132 valence electrons. The molecule has 2 rings (SSSR count). The third-order valence-corrected chi connectivity index (χ3v) is 3.42. The van der Waals surface area contributed by atoms with Crippen LogP contribution in [-0.2, 0) is 15.7 Å². The zero-order chi connectivity index (χ0) is 18.6. The number of hydrogen-bond acceptors (Lipinski definition) is 4. The van der Waals surface area contributed by atoms with Crippen LogP contribution in [-0.4, -0.2) is 23.0 Å². The molecule has 1 heterocycles. The summed E-state index contributed by atoms with van der Waals surface area (Å²) in [6, 6.07) is 6.55. The Morgan fingerprint density at radius 2 is 1.84 bits per heavy atom. The Bertz CT molecular complexity index is 779. The number of benzene rings is 1. The van der Waals surface area contributed by atoms with Crippen molar-refractivity contribution in [2.75, 3.05) is 5.32 Å². The zero-order valence-corrected chi connectivity index (χ0v) is 13.6. The second-order valence-corrected chi connectivity index (χ2v) is 5.31. The summed E-state index contributed by atoms with van der Waals surface area (Å²) in [5.41, 5.74) is -0.750. The summed E-state index contributed by atoms with van der Waals surface area (Å²) in [5, 5.41) is 2.50. The number of nitrogens with one attached hydrogen (secondary N) is 1. The fourth-order valence-electron chi connectivity index (χ4n) is 1.79. The van der Waals surface area contributed by atoms with Gasteiger partial charge in [-0.25, -0.2) is 9.78 Å². The first kappa shape index (κ1) is 18.7. The van der Waals surface area contributed by atoms with Gasteiger partial charge in [0.05, 0.1) is 16.8 Å². The Morgan fingerprint density at radius 3 is 2.40 bits per heavy atom. The summed E-state index contributed by atoms with van der Waals surface area (Å²) < 4.78 is 42.4. The van der Waals surface area contributed by atoms with Crippen molar-refractivity contribution < 1.29 is 27.5 Å². The number of aromatic nitrogens is 1. The van der Waals surface area contributed by atoms with Gasteiger partial charge in [-0.05, 0) is 43.3 Å². The van der Waals surface area contributed by atoms with Crippen LogP contribution in [0.4, 0.5) is 18.9 Å². The van der Waals surface area contributed by atoms with E-state index in [1.165, 1.54) is 19.2 Å². The van der Waals surface area contributed by atoms with Gasteiger partial charge in [-0.3, -0.25) is 4.79 Å². The standard InChI is InChI=1S/C16H12ClF3N2O3/c1-9(14(23)22-12-3-2-8-21-13(12)17)25-15(24)10-4-6-11(7-5-10)16(18,19)20/h2-9H,1H3,(H,22,23). The van der Waals surface area contributed by atoms with Crippen LogP contribution in [0.5, 0.6) is 0 Å². The Balaban J connectivity index is 1.99. The molecule has 0 bridgehead atoms. The lowest BCUT2D eigenvalue weighted by molar-refractivity contribution is -0.137. The first-order valence-corrected chi connectivity index (χ1v) is 7.36. The largest absolute Gasteiger partial charge is 0.449 e. The number of pyridine rings is 1. The fraction of sp³-hybridized carbons (Fsp3) is 0.188. The molecule has 9 heteroatoms. The van der Waals surface area contributed by atoms with Gasteiger partial charge in [-0.15, -0.1) is 0 Å². The molecule has 1 amide bonds. The predicted molar refractivity (Wildman–Crippen MR) is 84.2 cm³/mol. The molecule has 0 aliphatic rings. The second-order valence-electron chi connectivity index (χ2n) is 4.95. The van der Waals surface area contributed by atoms with Gasteiger partial charge in [-0.2, -0.15) is 13.2 Å². The lowest BCUT2D eigenvalue weighted by Crippen LogP contribution is -2.30. The topological polar surface area (TPSA) is 68.3 Å². The highest BCUT2D eigenvalue weighted by Crippen LogP contribution is 2.29. The maximum absolute atomic E-state index is 12.5. The summed E-state index contributed by atoms with van der Waals surface area (Å²) in [6.45, 7) is 1.32. The van der Waals surface area contributed by atoms with Gasteiger partial charge in [0.2, 0.25) is 0 Å². The number of alkyl halides is 3. The number of ether oxygens (including phenoxy) is 1. The molecule has 5 nitrogen and oxygen atoms in total. The number of nitrogens with zero attached hydrogens (tertiary/aromatic N) is 1. The molecule has 1 aromatic carbocycles. The van der Waals surface area contributed by atoms with Crippen LogP contribution in [0, 0.1) is 0 Å². The minimum absolute atomic E-state index is 0.0668. The molecule has 0 saturated heterocycles. The quantitative estimate of drug-likeness (QED) is 0.652. The molecule has 1 aromatic heterocycles. The molecular formula is C16H12ClF3N2O3. The highest BCUT2D eigenvalue weighted by molar-refractivity contribution is 6.32. The van der Waals surface area contributed by atoms with E-state index >= 15 is 0 Å². The highest BCUT2D eigenvalue weighted by atomic mass is 35.5. The van der Waals surface area contributed by atoms with Crippen molar-refractivity contribution in [2.45, 2.75) is 19.2 Å². The van der Waals surface area contributed by atoms with E-state index in [1.807, 2.05) is 0 Å². The van der Waals surface area contributed by atoms with Crippen LogP contribution >= 0.6 is 11.6 Å². The van der Waals surface area contributed by atoms with E-state index in [1.54, 1.807) is 6.07 Å². The second kappa shape index (κ2) is 7.52. The Hall–Kier alpha value is -2.61. The Labute approximate surface area is 145 Å². The van der Waals surface area contributed by atoms with Crippen LogP contribution in [0.25, 0.3) is 0 Å². The average molecular weight is 373 g/mol. The molecule has 1 N–H and O–H groups in total. The minimum atomic E-state index is -4.50. The zero-order valence-electron chi connectivity index (χ0n) is 12.8. The third-order valence-electron chi connectivity index (χ3n) is 3.12. The highest BCUT2D eigenvalue weighted by Gasteiger charge is 2.30. The monoisotopic (exact) mass is 372 g/mol. The van der Waals surface area contributed by atoms with Gasteiger partial charge in [0.15, 0.2) is 11.3 Å². The van der Waals surface area contributed by atoms with Crippen molar-refractivity contribution in [1.29, 1.82) is 0 Å². The smallest absolute Gasteiger partial charge is 0.416 e. The SMILES string of the molecule is CC(OC(=O)c1ccc(C(F)(F)F)cc1)C(=O)Nc1cccnc1Cl. The van der Waals surface area contributed by atoms with Crippen molar-refractivity contribution in [3.8, 4) is 0 Å². The van der Waals surface area contributed by atoms with E-state index < -0.39 is 29.7 Å². The summed E-state index contributed by atoms with van der Waals surface area (Å²) >= 11 is 5.80. The molecular weight excluding hydrogens is 361 g/mol. The molecule has 0 aliphatic carbocycles. The average Bonchev–Trinajstić information content (AvgIpc) is 2.56. The molecule has 1 atom stereocenters. The Morgan fingerprint density at radius 1 is 1.20 bits per heavy atom. The summed E-state index contributed by atoms with van der Waals surface area (Å²) in [4.78, 5) is 27.7. The predicted octanol–water partition coefficient (Wildman–Crippen LogP) is 3.94.